The SMILES string of the molecule is CC(C)OC(=O)C(C)NP(OCC1CC(C)(F)C(n2ccc(=O)[nH]c2=S)O1)Oc1ccccc1. The number of carbonyl (C=O) groups excluding carboxylic acids is 1. The maximum atomic E-state index is 15.4. The van der Waals surface area contributed by atoms with Crippen LogP contribution < -0.4 is 15.2 Å². The van der Waals surface area contributed by atoms with Gasteiger partial charge >= 0.3 is 14.5 Å². The molecule has 1 aromatic carbocycles. The minimum absolute atomic E-state index is 0.00414. The number of aromatic nitrogens is 2. The van der Waals surface area contributed by atoms with Gasteiger partial charge in [0.15, 0.2) is 16.7 Å². The highest BCUT2D eigenvalue weighted by molar-refractivity contribution is 7.71. The first-order valence-corrected chi connectivity index (χ1v) is 12.4. The van der Waals surface area contributed by atoms with Crippen LogP contribution in [0.1, 0.15) is 40.3 Å². The summed E-state index contributed by atoms with van der Waals surface area (Å²) in [6.07, 6.45) is -0.456. The molecule has 1 saturated heterocycles. The van der Waals surface area contributed by atoms with Crippen molar-refractivity contribution in [2.24, 2.45) is 0 Å². The molecule has 5 unspecified atom stereocenters. The van der Waals surface area contributed by atoms with Crippen molar-refractivity contribution < 1.29 is 27.7 Å². The Hall–Kier alpha value is -2.17. The van der Waals surface area contributed by atoms with Gasteiger partial charge in [-0.25, -0.2) is 9.48 Å². The Morgan fingerprint density at radius 2 is 2.06 bits per heavy atom. The molecule has 1 aliphatic heterocycles. The molecular formula is C22H29FN3O6PS. The van der Waals surface area contributed by atoms with Crippen molar-refractivity contribution in [1.29, 1.82) is 0 Å². The van der Waals surface area contributed by atoms with Gasteiger partial charge in [0.05, 0.1) is 18.8 Å². The summed E-state index contributed by atoms with van der Waals surface area (Å²) in [5.74, 6) is 0.106. The van der Waals surface area contributed by atoms with Crippen LogP contribution in [0.15, 0.2) is 47.4 Å². The van der Waals surface area contributed by atoms with Gasteiger partial charge < -0.3 is 18.5 Å². The Balaban J connectivity index is 1.68. The lowest BCUT2D eigenvalue weighted by Crippen LogP contribution is -2.35. The van der Waals surface area contributed by atoms with E-state index in [0.717, 1.165) is 0 Å². The summed E-state index contributed by atoms with van der Waals surface area (Å²) in [7, 11) is -1.79. The molecule has 0 saturated carbocycles. The fraction of sp³-hybridized carbons (Fsp3) is 0.500. The number of H-pyrrole nitrogens is 1. The van der Waals surface area contributed by atoms with E-state index in [1.165, 1.54) is 23.8 Å². The van der Waals surface area contributed by atoms with E-state index in [1.54, 1.807) is 32.9 Å². The van der Waals surface area contributed by atoms with Gasteiger partial charge in [0.1, 0.15) is 11.8 Å². The van der Waals surface area contributed by atoms with Crippen LogP contribution in [0.3, 0.4) is 0 Å². The topological polar surface area (TPSA) is 104 Å². The van der Waals surface area contributed by atoms with E-state index in [4.69, 9.17) is 30.7 Å². The predicted octanol–water partition coefficient (Wildman–Crippen LogP) is 4.17. The summed E-state index contributed by atoms with van der Waals surface area (Å²) in [6, 6.07) is 9.56. The van der Waals surface area contributed by atoms with E-state index < -0.39 is 38.5 Å². The number of para-hydroxylation sites is 1. The zero-order chi connectivity index (χ0) is 24.9. The molecule has 1 aliphatic rings. The van der Waals surface area contributed by atoms with Crippen LogP contribution in [0.2, 0.25) is 0 Å². The van der Waals surface area contributed by atoms with Gasteiger partial charge in [-0.15, -0.1) is 0 Å². The summed E-state index contributed by atoms with van der Waals surface area (Å²) < 4.78 is 39.8. The van der Waals surface area contributed by atoms with Crippen LogP contribution in [-0.2, 0) is 18.8 Å². The molecule has 12 heteroatoms. The number of nitrogens with one attached hydrogen (secondary N) is 2. The van der Waals surface area contributed by atoms with Gasteiger partial charge in [-0.3, -0.25) is 19.1 Å². The zero-order valence-electron chi connectivity index (χ0n) is 19.4. The van der Waals surface area contributed by atoms with E-state index in [2.05, 4.69) is 10.1 Å². The van der Waals surface area contributed by atoms with Crippen molar-refractivity contribution in [2.75, 3.05) is 6.61 Å². The van der Waals surface area contributed by atoms with Crippen LogP contribution in [0.5, 0.6) is 5.75 Å². The van der Waals surface area contributed by atoms with E-state index in [1.807, 2.05) is 18.2 Å². The number of nitrogens with zero attached hydrogens (tertiary/aromatic N) is 1. The molecule has 1 fully saturated rings. The maximum absolute atomic E-state index is 15.4. The summed E-state index contributed by atoms with van der Waals surface area (Å²) in [6.45, 7) is 6.60. The molecule has 3 rings (SSSR count). The van der Waals surface area contributed by atoms with Crippen LogP contribution in [0.4, 0.5) is 4.39 Å². The third-order valence-electron chi connectivity index (χ3n) is 4.88. The monoisotopic (exact) mass is 513 g/mol. The minimum Gasteiger partial charge on any atom is -0.462 e. The zero-order valence-corrected chi connectivity index (χ0v) is 21.1. The van der Waals surface area contributed by atoms with Gasteiger partial charge in [-0.1, -0.05) is 18.2 Å². The number of rotatable bonds is 10. The van der Waals surface area contributed by atoms with Crippen molar-refractivity contribution in [1.82, 2.24) is 14.6 Å². The number of alkyl halides is 1. The molecule has 0 spiro atoms. The normalized spacial score (nSPS) is 24.1. The smallest absolute Gasteiger partial charge is 0.323 e. The molecule has 1 aromatic heterocycles. The first-order chi connectivity index (χ1) is 16.0. The molecule has 2 heterocycles. The summed E-state index contributed by atoms with van der Waals surface area (Å²) in [4.78, 5) is 26.2. The van der Waals surface area contributed by atoms with Gasteiger partial charge in [0.2, 0.25) is 0 Å². The molecule has 34 heavy (non-hydrogen) atoms. The number of ether oxygens (including phenoxy) is 2. The molecule has 5 atom stereocenters. The third-order valence-corrected chi connectivity index (χ3v) is 6.55. The van der Waals surface area contributed by atoms with Crippen LogP contribution in [-0.4, -0.2) is 46.0 Å². The van der Waals surface area contributed by atoms with E-state index in [0.29, 0.717) is 5.75 Å². The Kier molecular flexibility index (Phi) is 8.95. The fourth-order valence-corrected chi connectivity index (χ4v) is 4.82. The number of halogens is 1. The Morgan fingerprint density at radius 3 is 2.71 bits per heavy atom. The van der Waals surface area contributed by atoms with Crippen molar-refractivity contribution in [3.05, 3.63) is 57.7 Å². The lowest BCUT2D eigenvalue weighted by atomic mass is 10.0. The predicted molar refractivity (Wildman–Crippen MR) is 128 cm³/mol. The highest BCUT2D eigenvalue weighted by atomic mass is 32.1. The van der Waals surface area contributed by atoms with Crippen molar-refractivity contribution in [3.8, 4) is 5.75 Å². The average Bonchev–Trinajstić information content (AvgIpc) is 3.06. The van der Waals surface area contributed by atoms with Crippen molar-refractivity contribution in [2.45, 2.75) is 64.3 Å². The summed E-state index contributed by atoms with van der Waals surface area (Å²) >= 11 is 5.16. The first kappa shape index (κ1) is 26.4. The van der Waals surface area contributed by atoms with Crippen LogP contribution in [0.25, 0.3) is 0 Å². The Labute approximate surface area is 203 Å². The van der Waals surface area contributed by atoms with Crippen LogP contribution >= 0.6 is 20.7 Å². The highest BCUT2D eigenvalue weighted by Crippen LogP contribution is 2.43. The maximum Gasteiger partial charge on any atom is 0.323 e. The number of hydrogen-bond acceptors (Lipinski definition) is 8. The number of aromatic amines is 1. The van der Waals surface area contributed by atoms with E-state index in [9.17, 15) is 9.59 Å². The Morgan fingerprint density at radius 1 is 1.35 bits per heavy atom. The van der Waals surface area contributed by atoms with Gasteiger partial charge in [0.25, 0.3) is 5.56 Å². The number of hydrogen-bond donors (Lipinski definition) is 2. The lowest BCUT2D eigenvalue weighted by molar-refractivity contribution is -0.149. The lowest BCUT2D eigenvalue weighted by Gasteiger charge is -2.24. The molecule has 186 valence electrons. The largest absolute Gasteiger partial charge is 0.462 e. The quantitative estimate of drug-likeness (QED) is 0.277. The number of benzene rings is 1. The molecular weight excluding hydrogens is 484 g/mol. The minimum atomic E-state index is -1.79. The standard InChI is InChI=1S/C22H29FN3O6PS/c1-14(2)30-19(28)15(3)25-33(32-16-8-6-5-7-9-16)29-13-17-12-22(4,23)20(31-17)26-11-10-18(27)24-21(26)34/h5-11,14-15,17,20,25H,12-13H2,1-4H3,(H,24,27,34). The fourth-order valence-electron chi connectivity index (χ4n) is 3.35. The first-order valence-electron chi connectivity index (χ1n) is 10.8. The Bertz CT molecular complexity index is 1080. The molecule has 2 N–H and O–H groups in total. The van der Waals surface area contributed by atoms with Crippen LogP contribution in [0, 0.1) is 4.77 Å². The third kappa shape index (κ3) is 7.16. The average molecular weight is 514 g/mol. The van der Waals surface area contributed by atoms with Gasteiger partial charge in [-0.2, -0.15) is 0 Å². The summed E-state index contributed by atoms with van der Waals surface area (Å²) in [5.41, 5.74) is -2.13. The van der Waals surface area contributed by atoms with Crippen molar-refractivity contribution >= 4 is 26.7 Å². The van der Waals surface area contributed by atoms with E-state index >= 15 is 4.39 Å². The molecule has 0 aliphatic carbocycles. The second-order valence-electron chi connectivity index (χ2n) is 8.40. The molecule has 0 bridgehead atoms. The molecule has 2 aromatic rings. The van der Waals surface area contributed by atoms with Crippen molar-refractivity contribution in [3.63, 3.8) is 0 Å². The number of carbonyl (C=O) groups is 1. The molecule has 0 amide bonds. The molecule has 0 radical (unpaired) electrons. The van der Waals surface area contributed by atoms with Gasteiger partial charge in [-0.05, 0) is 52.0 Å². The van der Waals surface area contributed by atoms with Gasteiger partial charge in [0, 0.05) is 18.7 Å². The molecule has 9 nitrogen and oxygen atoms in total. The summed E-state index contributed by atoms with van der Waals surface area (Å²) in [5, 5.41) is 3.01. The highest BCUT2D eigenvalue weighted by Gasteiger charge is 2.47. The second-order valence-corrected chi connectivity index (χ2v) is 10.0. The number of esters is 1. The second kappa shape index (κ2) is 11.5. The van der Waals surface area contributed by atoms with E-state index in [-0.39, 0.29) is 29.5 Å².